The molecule has 0 saturated heterocycles. The average molecular weight is 219 g/mol. The second kappa shape index (κ2) is 4.66. The molecule has 1 aromatic rings. The Morgan fingerprint density at radius 2 is 1.87 bits per heavy atom. The van der Waals surface area contributed by atoms with Crippen molar-refractivity contribution in [1.82, 2.24) is 0 Å². The molecule has 0 fully saturated rings. The highest BCUT2D eigenvalue weighted by molar-refractivity contribution is 5.21. The predicted molar refractivity (Wildman–Crippen MR) is 51.6 cm³/mol. The zero-order chi connectivity index (χ0) is 12.4. The lowest BCUT2D eigenvalue weighted by Gasteiger charge is -2.14. The van der Waals surface area contributed by atoms with E-state index in [0.29, 0.717) is 5.56 Å². The number of hydrogen-bond acceptors (Lipinski definition) is 1. The fourth-order valence-electron chi connectivity index (χ4n) is 1.16. The van der Waals surface area contributed by atoms with Crippen LogP contribution in [0.2, 0.25) is 0 Å². The Morgan fingerprint density at radius 1 is 1.33 bits per heavy atom. The van der Waals surface area contributed by atoms with E-state index in [2.05, 4.69) is 0 Å². The fraction of sp³-hybridized carbons (Fsp3) is 0.455. The topological polar surface area (TPSA) is 20.2 Å². The molecule has 0 heterocycles. The first kappa shape index (κ1) is 10.5. The maximum absolute atomic E-state index is 12.2. The van der Waals surface area contributed by atoms with Gasteiger partial charge in [0, 0.05) is 0 Å². The summed E-state index contributed by atoms with van der Waals surface area (Å²) >= 11 is 0. The lowest BCUT2D eigenvalue weighted by molar-refractivity contribution is -0.205. The number of halogens is 3. The van der Waals surface area contributed by atoms with E-state index < -0.39 is 18.7 Å². The van der Waals surface area contributed by atoms with Gasteiger partial charge in [-0.2, -0.15) is 13.2 Å². The molecule has 4 heteroatoms. The Hall–Kier alpha value is -1.03. The monoisotopic (exact) mass is 219 g/mol. The standard InChI is InChI=1S/C11H13F3O/c1-8-2-4-9(5-3-8)6-7-10(15)11(12,13)14/h2-5,10,15H,6-7H2,1H3/i10D. The van der Waals surface area contributed by atoms with Gasteiger partial charge in [0.25, 0.3) is 0 Å². The molecule has 0 saturated carbocycles. The van der Waals surface area contributed by atoms with Crippen LogP contribution in [-0.4, -0.2) is 17.4 Å². The van der Waals surface area contributed by atoms with Crippen molar-refractivity contribution in [2.75, 3.05) is 0 Å². The van der Waals surface area contributed by atoms with E-state index in [4.69, 9.17) is 6.48 Å². The number of hydrogen-bond donors (Lipinski definition) is 1. The van der Waals surface area contributed by atoms with Crippen LogP contribution in [0.15, 0.2) is 24.3 Å². The van der Waals surface area contributed by atoms with Crippen LogP contribution >= 0.6 is 0 Å². The third kappa shape index (κ3) is 3.91. The molecule has 1 aromatic carbocycles. The van der Waals surface area contributed by atoms with Crippen LogP contribution in [0.1, 0.15) is 18.9 Å². The molecule has 1 rings (SSSR count). The van der Waals surface area contributed by atoms with Gasteiger partial charge in [-0.3, -0.25) is 0 Å². The minimum atomic E-state index is -4.91. The maximum atomic E-state index is 12.2. The van der Waals surface area contributed by atoms with Crippen molar-refractivity contribution in [2.45, 2.75) is 32.0 Å². The summed E-state index contributed by atoms with van der Waals surface area (Å²) in [5.74, 6) is 0. The highest BCUT2D eigenvalue weighted by Crippen LogP contribution is 2.23. The quantitative estimate of drug-likeness (QED) is 0.828. The van der Waals surface area contributed by atoms with E-state index in [-0.39, 0.29) is 6.42 Å². The number of rotatable bonds is 3. The zero-order valence-electron chi connectivity index (χ0n) is 9.30. The van der Waals surface area contributed by atoms with Gasteiger partial charge in [0.05, 0.1) is 1.37 Å². The lowest BCUT2D eigenvalue weighted by Crippen LogP contribution is -2.28. The van der Waals surface area contributed by atoms with Crippen molar-refractivity contribution >= 4 is 0 Å². The van der Waals surface area contributed by atoms with Crippen LogP contribution in [0.5, 0.6) is 0 Å². The molecule has 0 bridgehead atoms. The van der Waals surface area contributed by atoms with Gasteiger partial charge in [-0.15, -0.1) is 0 Å². The summed E-state index contributed by atoms with van der Waals surface area (Å²) in [6.07, 6.45) is -8.89. The van der Waals surface area contributed by atoms with Crippen molar-refractivity contribution < 1.29 is 19.6 Å². The first-order chi connectivity index (χ1) is 7.22. The molecule has 0 radical (unpaired) electrons. The summed E-state index contributed by atoms with van der Waals surface area (Å²) in [7, 11) is 0. The highest BCUT2D eigenvalue weighted by atomic mass is 19.4. The summed E-state index contributed by atoms with van der Waals surface area (Å²) in [5.41, 5.74) is 1.70. The molecule has 0 aromatic heterocycles. The van der Waals surface area contributed by atoms with Gasteiger partial charge in [-0.25, -0.2) is 0 Å². The van der Waals surface area contributed by atoms with Crippen LogP contribution in [0.3, 0.4) is 0 Å². The van der Waals surface area contributed by atoms with Crippen molar-refractivity contribution in [3.8, 4) is 0 Å². The number of alkyl halides is 3. The Labute approximate surface area is 88.0 Å². The normalized spacial score (nSPS) is 17.0. The van der Waals surface area contributed by atoms with E-state index >= 15 is 0 Å². The largest absolute Gasteiger partial charge is 0.414 e. The Balaban J connectivity index is 2.61. The molecule has 0 amide bonds. The molecule has 0 spiro atoms. The Morgan fingerprint density at radius 3 is 2.33 bits per heavy atom. The zero-order valence-corrected chi connectivity index (χ0v) is 8.30. The van der Waals surface area contributed by atoms with Gasteiger partial charge in [0.1, 0.15) is 6.08 Å². The second-order valence-electron chi connectivity index (χ2n) is 3.43. The van der Waals surface area contributed by atoms with Crippen LogP contribution < -0.4 is 0 Å². The summed E-state index contributed by atoms with van der Waals surface area (Å²) in [6.45, 7) is 1.88. The molecule has 1 atom stereocenters. The van der Waals surface area contributed by atoms with Gasteiger partial charge in [-0.05, 0) is 25.3 Å². The fourth-order valence-corrected chi connectivity index (χ4v) is 1.16. The Kier molecular flexibility index (Phi) is 3.26. The van der Waals surface area contributed by atoms with E-state index in [1.54, 1.807) is 24.3 Å². The van der Waals surface area contributed by atoms with Crippen LogP contribution in [-0.2, 0) is 6.42 Å². The van der Waals surface area contributed by atoms with Crippen LogP contribution in [0, 0.1) is 6.92 Å². The first-order valence-electron chi connectivity index (χ1n) is 5.07. The molecule has 0 aliphatic rings. The smallest absolute Gasteiger partial charge is 0.384 e. The highest BCUT2D eigenvalue weighted by Gasteiger charge is 2.37. The van der Waals surface area contributed by atoms with Gasteiger partial charge >= 0.3 is 6.18 Å². The van der Waals surface area contributed by atoms with Gasteiger partial charge < -0.3 is 5.11 Å². The molecule has 1 nitrogen and oxygen atoms in total. The first-order valence-corrected chi connectivity index (χ1v) is 4.57. The lowest BCUT2D eigenvalue weighted by atomic mass is 10.1. The summed E-state index contributed by atoms with van der Waals surface area (Å²) in [4.78, 5) is 0. The molecule has 1 unspecified atom stereocenters. The van der Waals surface area contributed by atoms with Crippen LogP contribution in [0.4, 0.5) is 13.2 Å². The number of aliphatic hydroxyl groups is 1. The molecular formula is C11H13F3O. The molecular weight excluding hydrogens is 205 g/mol. The van der Waals surface area contributed by atoms with Gasteiger partial charge in [0.2, 0.25) is 0 Å². The second-order valence-corrected chi connectivity index (χ2v) is 3.43. The van der Waals surface area contributed by atoms with Crippen LogP contribution in [0.25, 0.3) is 0 Å². The maximum Gasteiger partial charge on any atom is 0.414 e. The van der Waals surface area contributed by atoms with Gasteiger partial charge in [0.15, 0.2) is 0 Å². The molecule has 15 heavy (non-hydrogen) atoms. The molecule has 84 valence electrons. The SMILES string of the molecule is [2H]C(O)(CCc1ccc(C)cc1)C(F)(F)F. The minimum Gasteiger partial charge on any atom is -0.384 e. The van der Waals surface area contributed by atoms with Crippen molar-refractivity contribution in [2.24, 2.45) is 0 Å². The molecule has 0 aliphatic carbocycles. The van der Waals surface area contributed by atoms with E-state index in [9.17, 15) is 13.2 Å². The van der Waals surface area contributed by atoms with Crippen molar-refractivity contribution in [3.63, 3.8) is 0 Å². The predicted octanol–water partition coefficient (Wildman–Crippen LogP) is 2.85. The summed E-state index contributed by atoms with van der Waals surface area (Å²) < 4.78 is 43.3. The van der Waals surface area contributed by atoms with Crippen molar-refractivity contribution in [3.05, 3.63) is 35.4 Å². The average Bonchev–Trinajstić information content (AvgIpc) is 2.15. The van der Waals surface area contributed by atoms with Crippen molar-refractivity contribution in [1.29, 1.82) is 0 Å². The molecule has 1 N–H and O–H groups in total. The minimum absolute atomic E-state index is 0.0276. The van der Waals surface area contributed by atoms with Gasteiger partial charge in [-0.1, -0.05) is 29.8 Å². The third-order valence-electron chi connectivity index (χ3n) is 2.10. The molecule has 0 aliphatic heterocycles. The third-order valence-corrected chi connectivity index (χ3v) is 2.10. The van der Waals surface area contributed by atoms with E-state index in [0.717, 1.165) is 5.56 Å². The number of aryl methyl sites for hydroxylation is 2. The number of benzene rings is 1. The van der Waals surface area contributed by atoms with E-state index in [1.165, 1.54) is 0 Å². The Bertz CT molecular complexity index is 343. The van der Waals surface area contributed by atoms with E-state index in [1.807, 2.05) is 6.92 Å². The summed E-state index contributed by atoms with van der Waals surface area (Å²) in [6, 6.07) is 6.96. The summed E-state index contributed by atoms with van der Waals surface area (Å²) in [5, 5.41) is 8.91.